The summed E-state index contributed by atoms with van der Waals surface area (Å²) in [6.07, 6.45) is 0. The molecule has 2 N–H and O–H groups in total. The summed E-state index contributed by atoms with van der Waals surface area (Å²) in [5, 5.41) is 23.1. The van der Waals surface area contributed by atoms with E-state index in [1.54, 1.807) is 0 Å². The number of para-hydroxylation sites is 1. The van der Waals surface area contributed by atoms with Crippen molar-refractivity contribution in [3.8, 4) is 5.75 Å². The van der Waals surface area contributed by atoms with E-state index in [1.807, 2.05) is 0 Å². The Kier molecular flexibility index (Phi) is 7.00. The SMILES string of the molecule is COc1c(NC(=O)c2c(Br)c(Br)c(Br)c(Br)c2C(=O)O)cccc1[N+](=O)[O-]. The van der Waals surface area contributed by atoms with Gasteiger partial charge in [-0.15, -0.1) is 0 Å². The molecule has 2 aromatic carbocycles. The lowest BCUT2D eigenvalue weighted by Gasteiger charge is -2.15. The van der Waals surface area contributed by atoms with Crippen LogP contribution in [-0.2, 0) is 0 Å². The monoisotopic (exact) mass is 628 g/mol. The summed E-state index contributed by atoms with van der Waals surface area (Å²) in [6.45, 7) is 0. The number of hydrogen-bond donors (Lipinski definition) is 2. The second kappa shape index (κ2) is 8.67. The Morgan fingerprint density at radius 1 is 1.07 bits per heavy atom. The van der Waals surface area contributed by atoms with Crippen molar-refractivity contribution in [2.45, 2.75) is 0 Å². The zero-order valence-corrected chi connectivity index (χ0v) is 19.5. The lowest BCUT2D eigenvalue weighted by molar-refractivity contribution is -0.385. The molecule has 0 bridgehead atoms. The number of methoxy groups -OCH3 is 1. The second-order valence-corrected chi connectivity index (χ2v) is 8.05. The topological polar surface area (TPSA) is 119 Å². The molecule has 0 fully saturated rings. The highest BCUT2D eigenvalue weighted by Gasteiger charge is 2.29. The summed E-state index contributed by atoms with van der Waals surface area (Å²) in [6, 6.07) is 4.00. The molecule has 0 radical (unpaired) electrons. The Balaban J connectivity index is 2.63. The maximum atomic E-state index is 12.8. The third-order valence-electron chi connectivity index (χ3n) is 3.35. The molecule has 0 unspecified atom stereocenters. The minimum absolute atomic E-state index is 0.0232. The third kappa shape index (κ3) is 4.18. The Hall–Kier alpha value is -1.50. The van der Waals surface area contributed by atoms with Gasteiger partial charge < -0.3 is 15.2 Å². The molecule has 0 aliphatic rings. The molecule has 0 aliphatic heterocycles. The van der Waals surface area contributed by atoms with Crippen LogP contribution in [0.4, 0.5) is 11.4 Å². The number of carboxylic acids is 1. The average molecular weight is 632 g/mol. The molecule has 142 valence electrons. The molecule has 8 nitrogen and oxygen atoms in total. The molecule has 1 amide bonds. The van der Waals surface area contributed by atoms with E-state index in [1.165, 1.54) is 25.3 Å². The fourth-order valence-electron chi connectivity index (χ4n) is 2.21. The van der Waals surface area contributed by atoms with Crippen molar-refractivity contribution in [1.29, 1.82) is 0 Å². The first-order chi connectivity index (χ1) is 12.6. The number of rotatable bonds is 5. The van der Waals surface area contributed by atoms with E-state index >= 15 is 0 Å². The number of amides is 1. The lowest BCUT2D eigenvalue weighted by Crippen LogP contribution is -2.19. The van der Waals surface area contributed by atoms with Crippen molar-refractivity contribution < 1.29 is 24.4 Å². The van der Waals surface area contributed by atoms with Gasteiger partial charge in [0.25, 0.3) is 5.91 Å². The van der Waals surface area contributed by atoms with Crippen molar-refractivity contribution in [1.82, 2.24) is 0 Å². The first kappa shape index (κ1) is 21.8. The van der Waals surface area contributed by atoms with Gasteiger partial charge in [-0.2, -0.15) is 0 Å². The Bertz CT molecular complexity index is 980. The number of nitrogens with one attached hydrogen (secondary N) is 1. The highest BCUT2D eigenvalue weighted by Crippen LogP contribution is 2.43. The van der Waals surface area contributed by atoms with Crippen LogP contribution >= 0.6 is 63.7 Å². The fourth-order valence-corrected chi connectivity index (χ4v) is 4.68. The van der Waals surface area contributed by atoms with E-state index in [0.29, 0.717) is 8.95 Å². The van der Waals surface area contributed by atoms with Crippen molar-refractivity contribution in [3.05, 3.63) is 57.3 Å². The van der Waals surface area contributed by atoms with Gasteiger partial charge in [0.15, 0.2) is 0 Å². The Morgan fingerprint density at radius 3 is 2.11 bits per heavy atom. The number of nitro groups is 1. The number of anilines is 1. The van der Waals surface area contributed by atoms with E-state index in [2.05, 4.69) is 69.0 Å². The van der Waals surface area contributed by atoms with Gasteiger partial charge in [-0.3, -0.25) is 14.9 Å². The van der Waals surface area contributed by atoms with Crippen LogP contribution in [0.15, 0.2) is 36.1 Å². The first-order valence-electron chi connectivity index (χ1n) is 6.83. The van der Waals surface area contributed by atoms with Crippen LogP contribution < -0.4 is 10.1 Å². The first-order valence-corrected chi connectivity index (χ1v) is 10.0. The maximum Gasteiger partial charge on any atom is 0.337 e. The van der Waals surface area contributed by atoms with E-state index in [9.17, 15) is 24.8 Å². The molecular weight excluding hydrogens is 624 g/mol. The molecule has 0 spiro atoms. The number of nitro benzene ring substituents is 1. The number of carbonyl (C=O) groups excluding carboxylic acids is 1. The molecule has 12 heteroatoms. The van der Waals surface area contributed by atoms with Crippen LogP contribution in [0.25, 0.3) is 0 Å². The molecule has 0 heterocycles. The highest BCUT2D eigenvalue weighted by atomic mass is 79.9. The number of halogens is 4. The predicted molar refractivity (Wildman–Crippen MR) is 112 cm³/mol. The summed E-state index contributed by atoms with van der Waals surface area (Å²) in [7, 11) is 1.23. The minimum atomic E-state index is -1.34. The zero-order chi connectivity index (χ0) is 20.5. The molecule has 0 saturated heterocycles. The molecule has 0 saturated carbocycles. The number of aromatic carboxylic acids is 1. The van der Waals surface area contributed by atoms with Gasteiger partial charge in [0.05, 0.1) is 28.8 Å². The average Bonchev–Trinajstić information content (AvgIpc) is 2.61. The van der Waals surface area contributed by atoms with Gasteiger partial charge >= 0.3 is 11.7 Å². The molecule has 2 aromatic rings. The number of nitrogens with zero attached hydrogens (tertiary/aromatic N) is 1. The van der Waals surface area contributed by atoms with Crippen molar-refractivity contribution in [2.24, 2.45) is 0 Å². The smallest absolute Gasteiger partial charge is 0.337 e. The van der Waals surface area contributed by atoms with Gasteiger partial charge in [0.2, 0.25) is 5.75 Å². The van der Waals surface area contributed by atoms with Gasteiger partial charge in [-0.25, -0.2) is 4.79 Å². The fraction of sp³-hybridized carbons (Fsp3) is 0.0667. The Labute approximate surface area is 185 Å². The minimum Gasteiger partial charge on any atom is -0.489 e. The van der Waals surface area contributed by atoms with Gasteiger partial charge in [0, 0.05) is 24.0 Å². The summed E-state index contributed by atoms with van der Waals surface area (Å²) < 4.78 is 6.20. The van der Waals surface area contributed by atoms with Gasteiger partial charge in [0.1, 0.15) is 0 Å². The predicted octanol–water partition coefficient (Wildman–Crippen LogP) is 5.60. The van der Waals surface area contributed by atoms with Crippen LogP contribution in [0.3, 0.4) is 0 Å². The third-order valence-corrected chi connectivity index (χ3v) is 8.12. The van der Waals surface area contributed by atoms with E-state index < -0.39 is 16.8 Å². The quantitative estimate of drug-likeness (QED) is 0.192. The number of ether oxygens (including phenoxy) is 1. The number of carboxylic acid groups (broad SMARTS) is 1. The molecule has 2 rings (SSSR count). The number of hydrogen-bond acceptors (Lipinski definition) is 5. The highest BCUT2D eigenvalue weighted by molar-refractivity contribution is 9.15. The van der Waals surface area contributed by atoms with Crippen LogP contribution in [0, 0.1) is 10.1 Å². The van der Waals surface area contributed by atoms with Crippen molar-refractivity contribution >= 4 is 87.0 Å². The summed E-state index contributed by atoms with van der Waals surface area (Å²) >= 11 is 12.9. The Morgan fingerprint density at radius 2 is 1.63 bits per heavy atom. The van der Waals surface area contributed by atoms with E-state index in [4.69, 9.17) is 4.74 Å². The second-order valence-electron chi connectivity index (χ2n) is 4.88. The molecule has 0 aromatic heterocycles. The van der Waals surface area contributed by atoms with Gasteiger partial charge in [-0.05, 0) is 69.8 Å². The van der Waals surface area contributed by atoms with Crippen molar-refractivity contribution in [3.63, 3.8) is 0 Å². The normalized spacial score (nSPS) is 10.4. The van der Waals surface area contributed by atoms with Crippen LogP contribution in [0.1, 0.15) is 20.7 Å². The van der Waals surface area contributed by atoms with Crippen LogP contribution in [0.5, 0.6) is 5.75 Å². The number of carbonyl (C=O) groups is 2. The molecule has 0 atom stereocenters. The van der Waals surface area contributed by atoms with Crippen molar-refractivity contribution in [2.75, 3.05) is 12.4 Å². The molecule has 0 aliphatic carbocycles. The van der Waals surface area contributed by atoms with Crippen LogP contribution in [-0.4, -0.2) is 29.0 Å². The van der Waals surface area contributed by atoms with E-state index in [-0.39, 0.29) is 37.2 Å². The van der Waals surface area contributed by atoms with Gasteiger partial charge in [-0.1, -0.05) is 6.07 Å². The largest absolute Gasteiger partial charge is 0.489 e. The number of benzene rings is 2. The summed E-state index contributed by atoms with van der Waals surface area (Å²) in [4.78, 5) is 35.0. The molecular formula is C15H8Br4N2O6. The zero-order valence-electron chi connectivity index (χ0n) is 13.2. The summed E-state index contributed by atoms with van der Waals surface area (Å²) in [5.74, 6) is -2.29. The molecule has 27 heavy (non-hydrogen) atoms. The van der Waals surface area contributed by atoms with E-state index in [0.717, 1.165) is 0 Å². The maximum absolute atomic E-state index is 12.8. The van der Waals surface area contributed by atoms with Crippen LogP contribution in [0.2, 0.25) is 0 Å². The lowest BCUT2D eigenvalue weighted by atomic mass is 10.1. The standard InChI is InChI=1S/C15H8Br4N2O6/c1-27-13-5(3-2-4-6(13)21(25)26)20-14(22)7-8(15(23)24)10(17)12(19)11(18)9(7)16/h2-4H,1H3,(H,20,22)(H,23,24). The summed E-state index contributed by atoms with van der Waals surface area (Å²) in [5.41, 5.74) is -0.794.